The average Bonchev–Trinajstić information content (AvgIpc) is 2.93. The summed E-state index contributed by atoms with van der Waals surface area (Å²) in [5.41, 5.74) is 3.08. The Morgan fingerprint density at radius 2 is 2.04 bits per heavy atom. The lowest BCUT2D eigenvalue weighted by atomic mass is 10.1. The number of nitriles is 1. The van der Waals surface area contributed by atoms with Gasteiger partial charge in [0, 0.05) is 50.4 Å². The molecule has 1 aromatic heterocycles. The maximum absolute atomic E-state index is 10.9. The van der Waals surface area contributed by atoms with Crippen molar-refractivity contribution < 1.29 is 9.45 Å². The van der Waals surface area contributed by atoms with Crippen LogP contribution in [-0.4, -0.2) is 41.2 Å². The highest BCUT2D eigenvalue weighted by atomic mass is 16.6. The van der Waals surface area contributed by atoms with Crippen molar-refractivity contribution in [2.45, 2.75) is 20.4 Å². The van der Waals surface area contributed by atoms with E-state index in [2.05, 4.69) is 21.0 Å². The van der Waals surface area contributed by atoms with E-state index >= 15 is 0 Å². The second-order valence-electron chi connectivity index (χ2n) is 6.14. The molecule has 0 spiro atoms. The number of nitro benzene ring substituents is 1. The summed E-state index contributed by atoms with van der Waals surface area (Å²) >= 11 is 0. The predicted molar refractivity (Wildman–Crippen MR) is 91.3 cm³/mol. The summed E-state index contributed by atoms with van der Waals surface area (Å²) in [4.78, 5) is 14.8. The van der Waals surface area contributed by atoms with E-state index < -0.39 is 4.92 Å². The molecule has 130 valence electrons. The van der Waals surface area contributed by atoms with Gasteiger partial charge >= 0.3 is 0 Å². The van der Waals surface area contributed by atoms with Crippen LogP contribution in [0.4, 0.5) is 11.4 Å². The molecule has 25 heavy (non-hydrogen) atoms. The number of hydrogen-bond donors (Lipinski definition) is 0. The van der Waals surface area contributed by atoms with Crippen molar-refractivity contribution in [1.82, 2.24) is 10.1 Å². The molecule has 2 aromatic rings. The molecule has 1 aromatic carbocycles. The average molecular weight is 341 g/mol. The van der Waals surface area contributed by atoms with Crippen molar-refractivity contribution in [3.63, 3.8) is 0 Å². The van der Waals surface area contributed by atoms with Gasteiger partial charge in [-0.2, -0.15) is 5.26 Å². The van der Waals surface area contributed by atoms with Crippen LogP contribution in [0.5, 0.6) is 0 Å². The van der Waals surface area contributed by atoms with Crippen molar-refractivity contribution in [1.29, 1.82) is 5.26 Å². The lowest BCUT2D eigenvalue weighted by Gasteiger charge is -2.36. The summed E-state index contributed by atoms with van der Waals surface area (Å²) in [6, 6.07) is 6.53. The topological polar surface area (TPSA) is 99.4 Å². The smallest absolute Gasteiger partial charge is 0.270 e. The molecular formula is C17H19N5O3. The Morgan fingerprint density at radius 1 is 1.32 bits per heavy atom. The summed E-state index contributed by atoms with van der Waals surface area (Å²) in [5, 5.41) is 24.2. The highest BCUT2D eigenvalue weighted by Gasteiger charge is 2.22. The molecule has 0 aliphatic carbocycles. The fourth-order valence-electron chi connectivity index (χ4n) is 3.10. The number of piperazine rings is 1. The Morgan fingerprint density at radius 3 is 2.60 bits per heavy atom. The molecule has 2 heterocycles. The van der Waals surface area contributed by atoms with Gasteiger partial charge in [0.05, 0.1) is 21.9 Å². The number of nitrogens with zero attached hydrogens (tertiary/aromatic N) is 5. The molecule has 0 atom stereocenters. The zero-order valence-electron chi connectivity index (χ0n) is 14.2. The van der Waals surface area contributed by atoms with Crippen LogP contribution in [0.3, 0.4) is 0 Å². The molecular weight excluding hydrogens is 322 g/mol. The number of non-ortho nitro benzene ring substituents is 1. The zero-order valence-corrected chi connectivity index (χ0v) is 14.2. The first-order valence-corrected chi connectivity index (χ1v) is 8.07. The quantitative estimate of drug-likeness (QED) is 0.622. The zero-order chi connectivity index (χ0) is 18.0. The van der Waals surface area contributed by atoms with E-state index in [-0.39, 0.29) is 5.69 Å². The SMILES string of the molecule is Cc1noc(C)c1CN1CCN(c2ccc([N+](=O)[O-])cc2C#N)CC1. The van der Waals surface area contributed by atoms with Crippen LogP contribution in [0, 0.1) is 35.3 Å². The largest absolute Gasteiger partial charge is 0.368 e. The lowest BCUT2D eigenvalue weighted by molar-refractivity contribution is -0.384. The van der Waals surface area contributed by atoms with E-state index in [4.69, 9.17) is 4.52 Å². The highest BCUT2D eigenvalue weighted by Crippen LogP contribution is 2.26. The Labute approximate surface area is 145 Å². The third kappa shape index (κ3) is 3.46. The fourth-order valence-corrected chi connectivity index (χ4v) is 3.10. The van der Waals surface area contributed by atoms with Gasteiger partial charge < -0.3 is 9.42 Å². The summed E-state index contributed by atoms with van der Waals surface area (Å²) in [6.45, 7) is 7.85. The molecule has 1 aliphatic heterocycles. The Kier molecular flexibility index (Phi) is 4.67. The Hall–Kier alpha value is -2.92. The van der Waals surface area contributed by atoms with Gasteiger partial charge in [0.25, 0.3) is 5.69 Å². The summed E-state index contributed by atoms with van der Waals surface area (Å²) in [7, 11) is 0. The van der Waals surface area contributed by atoms with Crippen molar-refractivity contribution in [2.24, 2.45) is 0 Å². The van der Waals surface area contributed by atoms with Gasteiger partial charge in [-0.15, -0.1) is 0 Å². The van der Waals surface area contributed by atoms with E-state index in [1.807, 2.05) is 13.8 Å². The Balaban J connectivity index is 1.68. The van der Waals surface area contributed by atoms with Gasteiger partial charge in [-0.3, -0.25) is 15.0 Å². The number of benzene rings is 1. The lowest BCUT2D eigenvalue weighted by Crippen LogP contribution is -2.46. The molecule has 0 unspecified atom stereocenters. The number of aryl methyl sites for hydroxylation is 2. The third-order valence-electron chi connectivity index (χ3n) is 4.59. The molecule has 0 radical (unpaired) electrons. The maximum Gasteiger partial charge on any atom is 0.270 e. The normalized spacial score (nSPS) is 15.2. The molecule has 8 nitrogen and oxygen atoms in total. The van der Waals surface area contributed by atoms with Gasteiger partial charge in [0.15, 0.2) is 0 Å². The fraction of sp³-hybridized carbons (Fsp3) is 0.412. The molecule has 0 amide bonds. The van der Waals surface area contributed by atoms with E-state index in [1.54, 1.807) is 6.07 Å². The van der Waals surface area contributed by atoms with Crippen LogP contribution in [0.1, 0.15) is 22.6 Å². The molecule has 0 bridgehead atoms. The minimum atomic E-state index is -0.480. The summed E-state index contributed by atoms with van der Waals surface area (Å²) in [6.07, 6.45) is 0. The van der Waals surface area contributed by atoms with E-state index in [9.17, 15) is 15.4 Å². The summed E-state index contributed by atoms with van der Waals surface area (Å²) < 4.78 is 5.21. The first-order chi connectivity index (χ1) is 12.0. The number of nitro groups is 1. The second kappa shape index (κ2) is 6.91. The van der Waals surface area contributed by atoms with Gasteiger partial charge in [-0.1, -0.05) is 5.16 Å². The monoisotopic (exact) mass is 341 g/mol. The van der Waals surface area contributed by atoms with Crippen LogP contribution in [0.15, 0.2) is 22.7 Å². The van der Waals surface area contributed by atoms with Gasteiger partial charge in [0.1, 0.15) is 11.8 Å². The number of aromatic nitrogens is 1. The molecule has 8 heteroatoms. The summed E-state index contributed by atoms with van der Waals surface area (Å²) in [5.74, 6) is 0.849. The van der Waals surface area contributed by atoms with Gasteiger partial charge in [0.2, 0.25) is 0 Å². The standard InChI is InChI=1S/C17H19N5O3/c1-12-16(13(2)25-19-12)11-20-5-7-21(8-6-20)17-4-3-15(22(23)24)9-14(17)10-18/h3-4,9H,5-8,11H2,1-2H3. The van der Waals surface area contributed by atoms with E-state index in [1.165, 1.54) is 12.1 Å². The number of hydrogen-bond acceptors (Lipinski definition) is 7. The molecule has 1 saturated heterocycles. The van der Waals surface area contributed by atoms with E-state index in [0.717, 1.165) is 55.4 Å². The highest BCUT2D eigenvalue weighted by molar-refractivity contribution is 5.63. The first kappa shape index (κ1) is 16.9. The second-order valence-corrected chi connectivity index (χ2v) is 6.14. The van der Waals surface area contributed by atoms with Crippen molar-refractivity contribution in [2.75, 3.05) is 31.1 Å². The molecule has 1 fully saturated rings. The van der Waals surface area contributed by atoms with Crippen LogP contribution < -0.4 is 4.90 Å². The van der Waals surface area contributed by atoms with Crippen molar-refractivity contribution in [3.8, 4) is 6.07 Å². The maximum atomic E-state index is 10.9. The third-order valence-corrected chi connectivity index (χ3v) is 4.59. The first-order valence-electron chi connectivity index (χ1n) is 8.07. The minimum Gasteiger partial charge on any atom is -0.368 e. The van der Waals surface area contributed by atoms with Crippen LogP contribution in [0.25, 0.3) is 0 Å². The van der Waals surface area contributed by atoms with Crippen LogP contribution >= 0.6 is 0 Å². The van der Waals surface area contributed by atoms with Crippen LogP contribution in [0.2, 0.25) is 0 Å². The van der Waals surface area contributed by atoms with Crippen LogP contribution in [-0.2, 0) is 6.54 Å². The molecule has 0 N–H and O–H groups in total. The minimum absolute atomic E-state index is 0.0580. The van der Waals surface area contributed by atoms with Crippen molar-refractivity contribution in [3.05, 3.63) is 50.9 Å². The predicted octanol–water partition coefficient (Wildman–Crippen LogP) is 2.39. The van der Waals surface area contributed by atoms with Crippen molar-refractivity contribution >= 4 is 11.4 Å². The Bertz CT molecular complexity index is 812. The van der Waals surface area contributed by atoms with Gasteiger partial charge in [-0.25, -0.2) is 0 Å². The van der Waals surface area contributed by atoms with E-state index in [0.29, 0.717) is 5.56 Å². The molecule has 1 aliphatic rings. The molecule has 0 saturated carbocycles. The van der Waals surface area contributed by atoms with Gasteiger partial charge in [-0.05, 0) is 19.9 Å². The molecule has 3 rings (SSSR count). The number of anilines is 1. The number of rotatable bonds is 4.